The average molecular weight is 267 g/mol. The van der Waals surface area contributed by atoms with Crippen molar-refractivity contribution < 1.29 is 0 Å². The molecular formula is C19H25N. The summed E-state index contributed by atoms with van der Waals surface area (Å²) >= 11 is 0. The number of hydrogen-bond acceptors (Lipinski definition) is 1. The molecule has 0 aliphatic heterocycles. The number of benzene rings is 2. The molecule has 0 unspecified atom stereocenters. The zero-order valence-electron chi connectivity index (χ0n) is 13.0. The zero-order valence-corrected chi connectivity index (χ0v) is 13.0. The Morgan fingerprint density at radius 3 is 2.25 bits per heavy atom. The molecule has 2 N–H and O–H groups in total. The van der Waals surface area contributed by atoms with Crippen molar-refractivity contribution >= 4 is 0 Å². The second-order valence-electron chi connectivity index (χ2n) is 6.06. The van der Waals surface area contributed by atoms with Gasteiger partial charge in [-0.1, -0.05) is 64.1 Å². The van der Waals surface area contributed by atoms with Crippen LogP contribution in [0.5, 0.6) is 0 Å². The van der Waals surface area contributed by atoms with Gasteiger partial charge in [0.15, 0.2) is 0 Å². The summed E-state index contributed by atoms with van der Waals surface area (Å²) in [6, 6.07) is 15.4. The van der Waals surface area contributed by atoms with Crippen molar-refractivity contribution in [3.05, 3.63) is 59.2 Å². The lowest BCUT2D eigenvalue weighted by Crippen LogP contribution is -1.99. The van der Waals surface area contributed by atoms with E-state index in [9.17, 15) is 0 Å². The first-order chi connectivity index (χ1) is 9.52. The maximum atomic E-state index is 5.76. The third kappa shape index (κ3) is 3.10. The molecule has 2 aromatic rings. The van der Waals surface area contributed by atoms with Crippen molar-refractivity contribution in [1.29, 1.82) is 0 Å². The summed E-state index contributed by atoms with van der Waals surface area (Å²) in [4.78, 5) is 0. The van der Waals surface area contributed by atoms with Crippen LogP contribution < -0.4 is 5.73 Å². The van der Waals surface area contributed by atoms with E-state index in [1.54, 1.807) is 0 Å². The smallest absolute Gasteiger partial charge is 0.0178 e. The lowest BCUT2D eigenvalue weighted by atomic mass is 9.88. The van der Waals surface area contributed by atoms with Crippen LogP contribution in [0, 0.1) is 0 Å². The molecule has 0 atom stereocenters. The summed E-state index contributed by atoms with van der Waals surface area (Å²) in [6.45, 7) is 9.60. The van der Waals surface area contributed by atoms with Crippen LogP contribution in [0.3, 0.4) is 0 Å². The van der Waals surface area contributed by atoms with Gasteiger partial charge in [-0.2, -0.15) is 0 Å². The minimum atomic E-state index is 0.519. The highest BCUT2D eigenvalue weighted by Gasteiger charge is 2.11. The molecule has 0 aromatic heterocycles. The molecule has 0 fully saturated rings. The summed E-state index contributed by atoms with van der Waals surface area (Å²) in [5, 5.41) is 0. The van der Waals surface area contributed by atoms with E-state index in [1.165, 1.54) is 27.8 Å². The second kappa shape index (κ2) is 6.23. The van der Waals surface area contributed by atoms with Crippen LogP contribution in [0.4, 0.5) is 0 Å². The second-order valence-corrected chi connectivity index (χ2v) is 6.06. The largest absolute Gasteiger partial charge is 0.326 e. The van der Waals surface area contributed by atoms with Crippen molar-refractivity contribution in [1.82, 2.24) is 0 Å². The molecular weight excluding hydrogens is 242 g/mol. The van der Waals surface area contributed by atoms with E-state index in [4.69, 9.17) is 5.73 Å². The highest BCUT2D eigenvalue weighted by atomic mass is 14.5. The van der Waals surface area contributed by atoms with Crippen molar-refractivity contribution in [2.24, 2.45) is 5.73 Å². The van der Waals surface area contributed by atoms with E-state index in [1.807, 2.05) is 0 Å². The number of rotatable bonds is 4. The number of hydrogen-bond donors (Lipinski definition) is 1. The summed E-state index contributed by atoms with van der Waals surface area (Å²) < 4.78 is 0. The number of nitrogens with two attached hydrogens (primary N) is 1. The Balaban J connectivity index is 2.55. The third-order valence-electron chi connectivity index (χ3n) is 3.84. The molecule has 0 amide bonds. The van der Waals surface area contributed by atoms with Gasteiger partial charge in [-0.3, -0.25) is 0 Å². The highest BCUT2D eigenvalue weighted by molar-refractivity contribution is 5.69. The minimum Gasteiger partial charge on any atom is -0.326 e. The van der Waals surface area contributed by atoms with Crippen molar-refractivity contribution in [2.75, 3.05) is 0 Å². The molecule has 0 bridgehead atoms. The van der Waals surface area contributed by atoms with Crippen molar-refractivity contribution in [3.8, 4) is 11.1 Å². The normalized spacial score (nSPS) is 11.3. The Morgan fingerprint density at radius 2 is 1.65 bits per heavy atom. The van der Waals surface area contributed by atoms with Gasteiger partial charge in [0.2, 0.25) is 0 Å². The Kier molecular flexibility index (Phi) is 4.61. The first kappa shape index (κ1) is 14.8. The predicted molar refractivity (Wildman–Crippen MR) is 87.9 cm³/mol. The van der Waals surface area contributed by atoms with E-state index in [0.717, 1.165) is 0 Å². The fourth-order valence-corrected chi connectivity index (χ4v) is 2.55. The van der Waals surface area contributed by atoms with Gasteiger partial charge < -0.3 is 5.73 Å². The van der Waals surface area contributed by atoms with E-state index in [-0.39, 0.29) is 0 Å². The average Bonchev–Trinajstić information content (AvgIpc) is 2.46. The highest BCUT2D eigenvalue weighted by Crippen LogP contribution is 2.32. The standard InChI is InChI=1S/C19H25N/c1-13(2)16-8-9-18(19(11-16)14(3)4)17-7-5-6-15(10-17)12-20/h5-11,13-14H,12,20H2,1-4H3. The molecule has 106 valence electrons. The molecule has 1 heteroatoms. The van der Waals surface area contributed by atoms with Gasteiger partial charge >= 0.3 is 0 Å². The molecule has 0 aliphatic rings. The Bertz CT molecular complexity index is 582. The van der Waals surface area contributed by atoms with Crippen LogP contribution in [0.25, 0.3) is 11.1 Å². The van der Waals surface area contributed by atoms with Crippen LogP contribution in [0.2, 0.25) is 0 Å². The van der Waals surface area contributed by atoms with E-state index in [2.05, 4.69) is 70.2 Å². The Morgan fingerprint density at radius 1 is 0.900 bits per heavy atom. The van der Waals surface area contributed by atoms with Crippen LogP contribution >= 0.6 is 0 Å². The molecule has 0 saturated carbocycles. The molecule has 0 spiro atoms. The quantitative estimate of drug-likeness (QED) is 0.823. The summed E-state index contributed by atoms with van der Waals surface area (Å²) in [5.74, 6) is 1.09. The summed E-state index contributed by atoms with van der Waals surface area (Å²) in [6.07, 6.45) is 0. The molecule has 20 heavy (non-hydrogen) atoms. The molecule has 0 heterocycles. The van der Waals surface area contributed by atoms with Gasteiger partial charge in [0.1, 0.15) is 0 Å². The minimum absolute atomic E-state index is 0.519. The van der Waals surface area contributed by atoms with Gasteiger partial charge in [-0.05, 0) is 45.7 Å². The first-order valence-corrected chi connectivity index (χ1v) is 7.46. The molecule has 0 radical (unpaired) electrons. The van der Waals surface area contributed by atoms with Crippen LogP contribution in [-0.2, 0) is 6.54 Å². The first-order valence-electron chi connectivity index (χ1n) is 7.46. The van der Waals surface area contributed by atoms with Gasteiger partial charge in [0.25, 0.3) is 0 Å². The van der Waals surface area contributed by atoms with E-state index in [0.29, 0.717) is 18.4 Å². The topological polar surface area (TPSA) is 26.0 Å². The summed E-state index contributed by atoms with van der Waals surface area (Å²) in [7, 11) is 0. The Labute approximate surface area is 122 Å². The van der Waals surface area contributed by atoms with Crippen LogP contribution in [0.15, 0.2) is 42.5 Å². The zero-order chi connectivity index (χ0) is 14.7. The predicted octanol–water partition coefficient (Wildman–Crippen LogP) is 5.06. The van der Waals surface area contributed by atoms with Gasteiger partial charge in [-0.15, -0.1) is 0 Å². The van der Waals surface area contributed by atoms with Crippen molar-refractivity contribution in [2.45, 2.75) is 46.1 Å². The monoisotopic (exact) mass is 267 g/mol. The molecule has 0 saturated heterocycles. The SMILES string of the molecule is CC(C)c1ccc(-c2cccc(CN)c2)c(C(C)C)c1. The maximum absolute atomic E-state index is 5.76. The van der Waals surface area contributed by atoms with Crippen molar-refractivity contribution in [3.63, 3.8) is 0 Å². The van der Waals surface area contributed by atoms with Gasteiger partial charge in [0.05, 0.1) is 0 Å². The Hall–Kier alpha value is -1.60. The maximum Gasteiger partial charge on any atom is 0.0178 e. The molecule has 0 aliphatic carbocycles. The van der Waals surface area contributed by atoms with Gasteiger partial charge in [-0.25, -0.2) is 0 Å². The molecule has 2 aromatic carbocycles. The third-order valence-corrected chi connectivity index (χ3v) is 3.84. The lowest BCUT2D eigenvalue weighted by Gasteiger charge is -2.17. The van der Waals surface area contributed by atoms with Crippen LogP contribution in [-0.4, -0.2) is 0 Å². The molecule has 2 rings (SSSR count). The van der Waals surface area contributed by atoms with E-state index < -0.39 is 0 Å². The molecule has 1 nitrogen and oxygen atoms in total. The summed E-state index contributed by atoms with van der Waals surface area (Å²) in [5.41, 5.74) is 12.4. The fraction of sp³-hybridized carbons (Fsp3) is 0.368. The van der Waals surface area contributed by atoms with Gasteiger partial charge in [0, 0.05) is 6.54 Å². The lowest BCUT2D eigenvalue weighted by molar-refractivity contribution is 0.835. The fourth-order valence-electron chi connectivity index (χ4n) is 2.55. The van der Waals surface area contributed by atoms with E-state index >= 15 is 0 Å². The van der Waals surface area contributed by atoms with Crippen LogP contribution in [0.1, 0.15) is 56.2 Å².